The van der Waals surface area contributed by atoms with Crippen molar-refractivity contribution in [3.8, 4) is 17.4 Å². The average molecular weight is 379 g/mol. The highest BCUT2D eigenvalue weighted by atomic mass is 16.5. The van der Waals surface area contributed by atoms with E-state index in [9.17, 15) is 5.21 Å². The van der Waals surface area contributed by atoms with Gasteiger partial charge in [-0.1, -0.05) is 10.4 Å². The summed E-state index contributed by atoms with van der Waals surface area (Å²) in [4.78, 5) is 0. The molecule has 0 amide bonds. The van der Waals surface area contributed by atoms with Gasteiger partial charge in [-0.2, -0.15) is 9.25 Å². The Morgan fingerprint density at radius 2 is 2.14 bits per heavy atom. The van der Waals surface area contributed by atoms with Gasteiger partial charge in [-0.3, -0.25) is 4.68 Å². The molecule has 0 unspecified atom stereocenters. The van der Waals surface area contributed by atoms with Gasteiger partial charge in [0.2, 0.25) is 11.7 Å². The van der Waals surface area contributed by atoms with Crippen LogP contribution in [0.15, 0.2) is 35.2 Å². The average Bonchev–Trinajstić information content (AvgIpc) is 3.39. The van der Waals surface area contributed by atoms with Gasteiger partial charge in [-0.05, 0) is 6.92 Å². The third-order valence-electron chi connectivity index (χ3n) is 4.10. The van der Waals surface area contributed by atoms with Crippen LogP contribution in [0.3, 0.4) is 0 Å². The molecule has 0 aliphatic carbocycles. The lowest BCUT2D eigenvalue weighted by Gasteiger charge is -2.08. The SMILES string of the molecule is Cc1cc(-c2nnc3c4cc[n+]([O-])cc4c(OCc4cn(C)nn4)nn23)no1. The van der Waals surface area contributed by atoms with E-state index in [4.69, 9.17) is 9.26 Å². The van der Waals surface area contributed by atoms with Crippen molar-refractivity contribution < 1.29 is 14.0 Å². The fourth-order valence-electron chi connectivity index (χ4n) is 2.87. The van der Waals surface area contributed by atoms with Crippen LogP contribution in [0.4, 0.5) is 0 Å². The topological polar surface area (TPSA) is 136 Å². The summed E-state index contributed by atoms with van der Waals surface area (Å²) in [6.45, 7) is 1.92. The Bertz CT molecular complexity index is 1320. The molecule has 0 aliphatic rings. The lowest BCUT2D eigenvalue weighted by Crippen LogP contribution is -2.24. The summed E-state index contributed by atoms with van der Waals surface area (Å²) >= 11 is 0. The number of aromatic nitrogens is 9. The van der Waals surface area contributed by atoms with Gasteiger partial charge in [0.05, 0.1) is 6.20 Å². The summed E-state index contributed by atoms with van der Waals surface area (Å²) < 4.78 is 14.7. The lowest BCUT2D eigenvalue weighted by atomic mass is 10.2. The Morgan fingerprint density at radius 3 is 2.89 bits per heavy atom. The van der Waals surface area contributed by atoms with Crippen molar-refractivity contribution in [3.05, 3.63) is 47.4 Å². The fourth-order valence-corrected chi connectivity index (χ4v) is 2.87. The molecule has 5 heterocycles. The second-order valence-electron chi connectivity index (χ2n) is 6.19. The van der Waals surface area contributed by atoms with Crippen LogP contribution in [0.25, 0.3) is 27.9 Å². The summed E-state index contributed by atoms with van der Waals surface area (Å²) in [5.74, 6) is 1.27. The highest BCUT2D eigenvalue weighted by Gasteiger charge is 2.20. The molecule has 5 rings (SSSR count). The molecule has 5 aromatic heterocycles. The van der Waals surface area contributed by atoms with Crippen molar-refractivity contribution in [2.24, 2.45) is 7.05 Å². The Hall–Kier alpha value is -4.09. The second-order valence-corrected chi connectivity index (χ2v) is 6.19. The summed E-state index contributed by atoms with van der Waals surface area (Å²) in [6, 6.07) is 3.38. The van der Waals surface area contributed by atoms with E-state index < -0.39 is 0 Å². The number of rotatable bonds is 4. The number of hydrogen-bond donors (Lipinski definition) is 0. The lowest BCUT2D eigenvalue weighted by molar-refractivity contribution is -0.603. The number of ether oxygens (including phenoxy) is 1. The highest BCUT2D eigenvalue weighted by Crippen LogP contribution is 2.28. The molecule has 0 radical (unpaired) electrons. The first kappa shape index (κ1) is 16.1. The first-order valence-corrected chi connectivity index (χ1v) is 8.28. The van der Waals surface area contributed by atoms with Crippen LogP contribution in [0.2, 0.25) is 0 Å². The number of hydrogen-bond acceptors (Lipinski definition) is 9. The Balaban J connectivity index is 1.68. The summed E-state index contributed by atoms with van der Waals surface area (Å²) in [6.07, 6.45) is 4.49. The van der Waals surface area contributed by atoms with Crippen LogP contribution >= 0.6 is 0 Å². The van der Waals surface area contributed by atoms with Gasteiger partial charge < -0.3 is 14.5 Å². The van der Waals surface area contributed by atoms with Crippen molar-refractivity contribution in [2.75, 3.05) is 0 Å². The van der Waals surface area contributed by atoms with Gasteiger partial charge in [0.1, 0.15) is 23.4 Å². The quantitative estimate of drug-likeness (QED) is 0.324. The fraction of sp³-hybridized carbons (Fsp3) is 0.188. The molecule has 0 bridgehead atoms. The standard InChI is InChI=1S/C16H13N9O3/c1-9-5-13(21-28-9)15-19-18-14-11-3-4-24(26)7-12(11)16(20-25(14)15)27-8-10-6-23(2)22-17-10/h3-7H,8H2,1-2H3. The second kappa shape index (κ2) is 5.97. The summed E-state index contributed by atoms with van der Waals surface area (Å²) in [7, 11) is 1.76. The largest absolute Gasteiger partial charge is 0.619 e. The van der Waals surface area contributed by atoms with Gasteiger partial charge in [0.15, 0.2) is 23.7 Å². The van der Waals surface area contributed by atoms with E-state index in [-0.39, 0.29) is 12.5 Å². The maximum atomic E-state index is 11.8. The maximum Gasteiger partial charge on any atom is 0.246 e. The molecule has 140 valence electrons. The zero-order valence-corrected chi connectivity index (χ0v) is 14.8. The molecule has 5 aromatic rings. The van der Waals surface area contributed by atoms with Gasteiger partial charge >= 0.3 is 0 Å². The third kappa shape index (κ3) is 2.58. The molecule has 0 aliphatic heterocycles. The molecule has 0 atom stereocenters. The van der Waals surface area contributed by atoms with E-state index in [2.05, 4.69) is 30.8 Å². The van der Waals surface area contributed by atoms with Crippen LogP contribution in [-0.4, -0.2) is 40.0 Å². The highest BCUT2D eigenvalue weighted by molar-refractivity contribution is 5.95. The van der Waals surface area contributed by atoms with Crippen molar-refractivity contribution >= 4 is 16.4 Å². The van der Waals surface area contributed by atoms with E-state index in [1.807, 2.05) is 0 Å². The minimum atomic E-state index is 0.135. The minimum absolute atomic E-state index is 0.135. The molecule has 0 N–H and O–H groups in total. The van der Waals surface area contributed by atoms with E-state index in [1.54, 1.807) is 37.0 Å². The number of fused-ring (bicyclic) bond motifs is 3. The maximum absolute atomic E-state index is 11.8. The van der Waals surface area contributed by atoms with E-state index in [0.29, 0.717) is 44.1 Å². The van der Waals surface area contributed by atoms with Gasteiger partial charge in [-0.15, -0.1) is 20.4 Å². The zero-order chi connectivity index (χ0) is 19.3. The molecule has 0 spiro atoms. The van der Waals surface area contributed by atoms with Gasteiger partial charge in [0.25, 0.3) is 0 Å². The minimum Gasteiger partial charge on any atom is -0.619 e. The van der Waals surface area contributed by atoms with E-state index in [0.717, 1.165) is 0 Å². The Labute approximate surface area is 156 Å². The van der Waals surface area contributed by atoms with Gasteiger partial charge in [-0.25, -0.2) is 0 Å². The molecular weight excluding hydrogens is 366 g/mol. The zero-order valence-electron chi connectivity index (χ0n) is 14.8. The van der Waals surface area contributed by atoms with Crippen molar-refractivity contribution in [1.29, 1.82) is 0 Å². The van der Waals surface area contributed by atoms with Crippen LogP contribution in [-0.2, 0) is 13.7 Å². The van der Waals surface area contributed by atoms with Gasteiger partial charge in [0, 0.05) is 24.6 Å². The van der Waals surface area contributed by atoms with Crippen LogP contribution < -0.4 is 9.47 Å². The van der Waals surface area contributed by atoms with Crippen LogP contribution in [0.1, 0.15) is 11.5 Å². The summed E-state index contributed by atoms with van der Waals surface area (Å²) in [5.41, 5.74) is 1.59. The molecule has 12 nitrogen and oxygen atoms in total. The molecule has 0 fully saturated rings. The predicted molar refractivity (Wildman–Crippen MR) is 92.8 cm³/mol. The smallest absolute Gasteiger partial charge is 0.246 e. The molecule has 0 saturated heterocycles. The molecule has 28 heavy (non-hydrogen) atoms. The molecule has 0 saturated carbocycles. The summed E-state index contributed by atoms with van der Waals surface area (Å²) in [5, 5.41) is 37.7. The van der Waals surface area contributed by atoms with E-state index >= 15 is 0 Å². The Kier molecular flexibility index (Phi) is 3.44. The van der Waals surface area contributed by atoms with Crippen molar-refractivity contribution in [3.63, 3.8) is 0 Å². The van der Waals surface area contributed by atoms with E-state index in [1.165, 1.54) is 16.9 Å². The first-order chi connectivity index (χ1) is 13.6. The molecular formula is C16H13N9O3. The third-order valence-corrected chi connectivity index (χ3v) is 4.10. The van der Waals surface area contributed by atoms with Crippen molar-refractivity contribution in [2.45, 2.75) is 13.5 Å². The van der Waals surface area contributed by atoms with Crippen LogP contribution in [0.5, 0.6) is 5.88 Å². The monoisotopic (exact) mass is 379 g/mol. The number of pyridine rings is 1. The number of aryl methyl sites for hydroxylation is 2. The normalized spacial score (nSPS) is 11.5. The van der Waals surface area contributed by atoms with Crippen LogP contribution in [0, 0.1) is 12.1 Å². The molecule has 0 aromatic carbocycles. The molecule has 12 heteroatoms. The van der Waals surface area contributed by atoms with Crippen molar-refractivity contribution in [1.82, 2.24) is 40.0 Å². The number of nitrogens with zero attached hydrogens (tertiary/aromatic N) is 9. The Morgan fingerprint density at radius 1 is 1.25 bits per heavy atom. The first-order valence-electron chi connectivity index (χ1n) is 8.28. The predicted octanol–water partition coefficient (Wildman–Crippen LogP) is 0.582.